The Kier molecular flexibility index (Phi) is 8.86. The summed E-state index contributed by atoms with van der Waals surface area (Å²) in [6, 6.07) is 11.4. The van der Waals surface area contributed by atoms with Crippen LogP contribution in [0.2, 0.25) is 0 Å². The Morgan fingerprint density at radius 3 is 1.63 bits per heavy atom. The van der Waals surface area contributed by atoms with Crippen molar-refractivity contribution in [1.82, 2.24) is 0 Å². The smallest absolute Gasteiger partial charge is 0.339 e. The second-order valence-electron chi connectivity index (χ2n) is 12.0. The number of rotatable bonds is 7. The lowest BCUT2D eigenvalue weighted by atomic mass is 9.72. The second-order valence-corrected chi connectivity index (χ2v) is 12.0. The predicted octanol–water partition coefficient (Wildman–Crippen LogP) is 9.45. The predicted molar refractivity (Wildman–Crippen MR) is 151 cm³/mol. The van der Waals surface area contributed by atoms with Gasteiger partial charge in [0.05, 0.1) is 11.1 Å². The number of ether oxygens (including phenoxy) is 1. The molecule has 3 aliphatic carbocycles. The number of carboxylic acids is 1. The van der Waals surface area contributed by atoms with E-state index in [1.54, 1.807) is 18.2 Å². The molecule has 3 fully saturated rings. The van der Waals surface area contributed by atoms with Crippen LogP contribution in [0.4, 0.5) is 0 Å². The average Bonchev–Trinajstić information content (AvgIpc) is 2.97. The van der Waals surface area contributed by atoms with Gasteiger partial charge in [-0.05, 0) is 97.6 Å². The SMILES string of the molecule is C[C@H](OC(=O)c1ccccc1C(=O)O)c1c(C2CCCCC2)cc(C2CCCCC2)cc1C1CCCCC1. The van der Waals surface area contributed by atoms with Gasteiger partial charge in [0, 0.05) is 0 Å². The summed E-state index contributed by atoms with van der Waals surface area (Å²) in [4.78, 5) is 25.1. The third-order valence-corrected chi connectivity index (χ3v) is 9.50. The largest absolute Gasteiger partial charge is 0.478 e. The van der Waals surface area contributed by atoms with Crippen LogP contribution in [-0.2, 0) is 4.74 Å². The number of carbonyl (C=O) groups excluding carboxylic acids is 1. The lowest BCUT2D eigenvalue weighted by Gasteiger charge is -2.34. The molecule has 0 amide bonds. The van der Waals surface area contributed by atoms with E-state index < -0.39 is 18.0 Å². The summed E-state index contributed by atoms with van der Waals surface area (Å²) in [5.41, 5.74) is 5.70. The highest BCUT2D eigenvalue weighted by molar-refractivity contribution is 6.02. The van der Waals surface area contributed by atoms with Crippen molar-refractivity contribution < 1.29 is 19.4 Å². The fourth-order valence-corrected chi connectivity index (χ4v) is 7.50. The van der Waals surface area contributed by atoms with Crippen molar-refractivity contribution in [3.05, 3.63) is 69.8 Å². The Balaban J connectivity index is 1.57. The minimum Gasteiger partial charge on any atom is -0.478 e. The molecule has 0 radical (unpaired) electrons. The zero-order chi connectivity index (χ0) is 26.5. The number of hydrogen-bond donors (Lipinski definition) is 1. The summed E-state index contributed by atoms with van der Waals surface area (Å²) in [6.45, 7) is 2.01. The van der Waals surface area contributed by atoms with E-state index in [0.29, 0.717) is 17.8 Å². The Bertz CT molecular complexity index is 1080. The summed E-state index contributed by atoms with van der Waals surface area (Å²) >= 11 is 0. The molecule has 0 bridgehead atoms. The maximum atomic E-state index is 13.4. The molecule has 204 valence electrons. The zero-order valence-corrected chi connectivity index (χ0v) is 23.1. The molecule has 3 saturated carbocycles. The van der Waals surface area contributed by atoms with Gasteiger partial charge in [0.2, 0.25) is 0 Å². The third kappa shape index (κ3) is 6.00. The summed E-state index contributed by atoms with van der Waals surface area (Å²) in [5.74, 6) is 0.0147. The summed E-state index contributed by atoms with van der Waals surface area (Å²) in [6.07, 6.45) is 18.6. The lowest BCUT2D eigenvalue weighted by Crippen LogP contribution is -2.20. The quantitative estimate of drug-likeness (QED) is 0.372. The van der Waals surface area contributed by atoms with E-state index in [1.165, 1.54) is 125 Å². The number of esters is 1. The van der Waals surface area contributed by atoms with Gasteiger partial charge in [-0.3, -0.25) is 0 Å². The van der Waals surface area contributed by atoms with Crippen molar-refractivity contribution in [3.8, 4) is 0 Å². The highest BCUT2D eigenvalue weighted by atomic mass is 16.5. The maximum Gasteiger partial charge on any atom is 0.339 e. The first-order valence-corrected chi connectivity index (χ1v) is 15.2. The van der Waals surface area contributed by atoms with Gasteiger partial charge in [-0.2, -0.15) is 0 Å². The summed E-state index contributed by atoms with van der Waals surface area (Å²) < 4.78 is 6.16. The van der Waals surface area contributed by atoms with Crippen LogP contribution in [0.25, 0.3) is 0 Å². The van der Waals surface area contributed by atoms with E-state index in [2.05, 4.69) is 12.1 Å². The minimum absolute atomic E-state index is 0.00245. The Morgan fingerprint density at radius 2 is 1.16 bits per heavy atom. The van der Waals surface area contributed by atoms with Crippen molar-refractivity contribution >= 4 is 11.9 Å². The van der Waals surface area contributed by atoms with Crippen LogP contribution in [0.15, 0.2) is 36.4 Å². The number of hydrogen-bond acceptors (Lipinski definition) is 3. The van der Waals surface area contributed by atoms with Crippen LogP contribution >= 0.6 is 0 Å². The van der Waals surface area contributed by atoms with Crippen molar-refractivity contribution in [2.45, 2.75) is 127 Å². The highest BCUT2D eigenvalue weighted by Crippen LogP contribution is 2.46. The van der Waals surface area contributed by atoms with E-state index in [4.69, 9.17) is 4.74 Å². The second kappa shape index (κ2) is 12.5. The van der Waals surface area contributed by atoms with Gasteiger partial charge in [-0.25, -0.2) is 9.59 Å². The molecule has 5 rings (SSSR count). The van der Waals surface area contributed by atoms with Crippen LogP contribution in [0.5, 0.6) is 0 Å². The van der Waals surface area contributed by atoms with Gasteiger partial charge in [-0.15, -0.1) is 0 Å². The molecule has 38 heavy (non-hydrogen) atoms. The van der Waals surface area contributed by atoms with E-state index in [1.807, 2.05) is 6.92 Å². The van der Waals surface area contributed by atoms with Gasteiger partial charge >= 0.3 is 11.9 Å². The standard InChI is InChI=1S/C34H44O4/c1-23(38-34(37)29-20-12-11-19-28(29)33(35)36)32-30(25-15-7-3-8-16-25)21-27(24-13-5-2-6-14-24)22-31(32)26-17-9-4-10-18-26/h11-12,19-26H,2-10,13-18H2,1H3,(H,35,36)/t23-/m0/s1. The molecule has 1 atom stereocenters. The molecule has 0 saturated heterocycles. The molecule has 1 N–H and O–H groups in total. The van der Waals surface area contributed by atoms with Crippen LogP contribution in [0.3, 0.4) is 0 Å². The molecular formula is C34H44O4. The fourth-order valence-electron chi connectivity index (χ4n) is 7.50. The fraction of sp³-hybridized carbons (Fsp3) is 0.588. The molecular weight excluding hydrogens is 472 g/mol. The molecule has 4 heteroatoms. The molecule has 0 aromatic heterocycles. The van der Waals surface area contributed by atoms with Crippen molar-refractivity contribution in [1.29, 1.82) is 0 Å². The molecule has 2 aromatic carbocycles. The topological polar surface area (TPSA) is 63.6 Å². The van der Waals surface area contributed by atoms with Gasteiger partial charge in [-0.1, -0.05) is 82.1 Å². The molecule has 0 spiro atoms. The van der Waals surface area contributed by atoms with Crippen LogP contribution in [0.1, 0.15) is 170 Å². The first-order chi connectivity index (χ1) is 18.5. The minimum atomic E-state index is -1.10. The molecule has 4 nitrogen and oxygen atoms in total. The van der Waals surface area contributed by atoms with Crippen LogP contribution in [-0.4, -0.2) is 17.0 Å². The van der Waals surface area contributed by atoms with E-state index in [0.717, 1.165) is 0 Å². The van der Waals surface area contributed by atoms with Crippen molar-refractivity contribution in [2.24, 2.45) is 0 Å². The van der Waals surface area contributed by atoms with Gasteiger partial charge in [0.15, 0.2) is 0 Å². The number of carbonyl (C=O) groups is 2. The Labute approximate surface area is 228 Å². The van der Waals surface area contributed by atoms with E-state index in [-0.39, 0.29) is 11.1 Å². The Morgan fingerprint density at radius 1 is 0.711 bits per heavy atom. The molecule has 3 aliphatic rings. The molecule has 2 aromatic rings. The number of carboxylic acid groups (broad SMARTS) is 1. The van der Waals surface area contributed by atoms with Gasteiger partial charge < -0.3 is 9.84 Å². The first kappa shape index (κ1) is 27.0. The normalized spacial score (nSPS) is 20.7. The monoisotopic (exact) mass is 516 g/mol. The highest BCUT2D eigenvalue weighted by Gasteiger charge is 2.31. The van der Waals surface area contributed by atoms with Gasteiger partial charge in [0.25, 0.3) is 0 Å². The summed E-state index contributed by atoms with van der Waals surface area (Å²) in [7, 11) is 0. The molecule has 0 unspecified atom stereocenters. The summed E-state index contributed by atoms with van der Waals surface area (Å²) in [5, 5.41) is 9.64. The molecule has 0 aliphatic heterocycles. The van der Waals surface area contributed by atoms with Crippen molar-refractivity contribution in [2.75, 3.05) is 0 Å². The van der Waals surface area contributed by atoms with Gasteiger partial charge in [0.1, 0.15) is 6.10 Å². The first-order valence-electron chi connectivity index (χ1n) is 15.2. The number of benzene rings is 2. The van der Waals surface area contributed by atoms with E-state index in [9.17, 15) is 14.7 Å². The average molecular weight is 517 g/mol. The lowest BCUT2D eigenvalue weighted by molar-refractivity contribution is 0.0326. The Hall–Kier alpha value is -2.62. The van der Waals surface area contributed by atoms with E-state index >= 15 is 0 Å². The molecule has 0 heterocycles. The van der Waals surface area contributed by atoms with Crippen LogP contribution < -0.4 is 0 Å². The van der Waals surface area contributed by atoms with Crippen molar-refractivity contribution in [3.63, 3.8) is 0 Å². The zero-order valence-electron chi connectivity index (χ0n) is 23.1. The maximum absolute atomic E-state index is 13.4. The third-order valence-electron chi connectivity index (χ3n) is 9.50. The number of aromatic carboxylic acids is 1. The van der Waals surface area contributed by atoms with Crippen LogP contribution in [0, 0.1) is 0 Å².